The Morgan fingerprint density at radius 1 is 0.556 bits per heavy atom. The molecule has 0 saturated carbocycles. The lowest BCUT2D eigenvalue weighted by atomic mass is 9.84. The highest BCUT2D eigenvalue weighted by atomic mass is 28.4. The van der Waals surface area contributed by atoms with Crippen molar-refractivity contribution >= 4 is 43.2 Å². The molecule has 234 valence electrons. The van der Waals surface area contributed by atoms with Crippen LogP contribution in [0, 0.1) is 11.8 Å². The van der Waals surface area contributed by atoms with Crippen LogP contribution in [0.25, 0.3) is 0 Å². The zero-order valence-corrected chi connectivity index (χ0v) is 29.7. The average Bonchev–Trinajstić information content (AvgIpc) is 3.03. The Morgan fingerprint density at radius 3 is 1.22 bits per heavy atom. The molecule has 0 bridgehead atoms. The van der Waals surface area contributed by atoms with Gasteiger partial charge in [-0.15, -0.1) is 0 Å². The summed E-state index contributed by atoms with van der Waals surface area (Å²) in [5.74, 6) is 0.234. The summed E-state index contributed by atoms with van der Waals surface area (Å²) in [6.07, 6.45) is 4.31. The molecule has 0 fully saturated rings. The van der Waals surface area contributed by atoms with Crippen LogP contribution in [-0.2, 0) is 13.6 Å². The summed E-state index contributed by atoms with van der Waals surface area (Å²) in [4.78, 5) is 12.9. The molecule has 0 aromatic heterocycles. The van der Waals surface area contributed by atoms with Gasteiger partial charge < -0.3 is 8.85 Å². The maximum absolute atomic E-state index is 12.9. The summed E-state index contributed by atoms with van der Waals surface area (Å²) in [5.41, 5.74) is 0. The van der Waals surface area contributed by atoms with Gasteiger partial charge in [-0.3, -0.25) is 4.79 Å². The lowest BCUT2D eigenvalue weighted by Crippen LogP contribution is -2.67. The summed E-state index contributed by atoms with van der Waals surface area (Å²) in [5, 5.41) is 4.78. The predicted octanol–water partition coefficient (Wildman–Crippen LogP) is 6.90. The average molecular weight is 633 g/mol. The summed E-state index contributed by atoms with van der Waals surface area (Å²) < 4.78 is 14.7. The van der Waals surface area contributed by atoms with Crippen LogP contribution in [0.4, 0.5) is 0 Å². The first-order chi connectivity index (χ1) is 21.5. The van der Waals surface area contributed by atoms with Crippen molar-refractivity contribution in [3.8, 4) is 0 Å². The van der Waals surface area contributed by atoms with Gasteiger partial charge in [-0.25, -0.2) is 0 Å². The fourth-order valence-corrected chi connectivity index (χ4v) is 16.4. The molecule has 0 saturated heterocycles. The zero-order valence-electron chi connectivity index (χ0n) is 27.7. The maximum Gasteiger partial charge on any atom is 0.261 e. The second kappa shape index (κ2) is 13.6. The first kappa shape index (κ1) is 33.0. The van der Waals surface area contributed by atoms with Gasteiger partial charge in [-0.05, 0) is 42.8 Å². The van der Waals surface area contributed by atoms with Gasteiger partial charge in [0.1, 0.15) is 0 Å². The molecule has 1 aliphatic rings. The van der Waals surface area contributed by atoms with E-state index in [0.717, 1.165) is 0 Å². The molecule has 0 amide bonds. The third-order valence-corrected chi connectivity index (χ3v) is 19.4. The molecule has 2 atom stereocenters. The third kappa shape index (κ3) is 6.63. The summed E-state index contributed by atoms with van der Waals surface area (Å²) >= 11 is 0. The molecule has 4 aromatic rings. The second-order valence-electron chi connectivity index (χ2n) is 14.4. The number of rotatable bonds is 10. The van der Waals surface area contributed by atoms with Crippen molar-refractivity contribution in [3.05, 3.63) is 133 Å². The highest BCUT2D eigenvalue weighted by Gasteiger charge is 2.52. The van der Waals surface area contributed by atoms with Gasteiger partial charge >= 0.3 is 0 Å². The third-order valence-electron chi connectivity index (χ3n) is 9.44. The van der Waals surface area contributed by atoms with E-state index in [1.807, 2.05) is 0 Å². The van der Waals surface area contributed by atoms with Gasteiger partial charge in [0.05, 0.1) is 0 Å². The van der Waals surface area contributed by atoms with E-state index < -0.39 is 16.6 Å². The first-order valence-corrected chi connectivity index (χ1v) is 20.0. The summed E-state index contributed by atoms with van der Waals surface area (Å²) in [6, 6.07) is 43.0. The van der Waals surface area contributed by atoms with Crippen LogP contribution in [0.15, 0.2) is 133 Å². The molecule has 0 heterocycles. The van der Waals surface area contributed by atoms with E-state index in [9.17, 15) is 4.79 Å². The van der Waals surface area contributed by atoms with E-state index in [0.29, 0.717) is 19.6 Å². The minimum atomic E-state index is -2.75. The highest BCUT2D eigenvalue weighted by Crippen LogP contribution is 2.40. The van der Waals surface area contributed by atoms with Crippen molar-refractivity contribution < 1.29 is 13.6 Å². The Morgan fingerprint density at radius 2 is 0.889 bits per heavy atom. The van der Waals surface area contributed by atoms with Gasteiger partial charge in [-0.1, -0.05) is 169 Å². The quantitative estimate of drug-likeness (QED) is 0.179. The van der Waals surface area contributed by atoms with Gasteiger partial charge in [0.15, 0.2) is 5.78 Å². The summed E-state index contributed by atoms with van der Waals surface area (Å²) in [7, 11) is -5.47. The molecular weight excluding hydrogens is 585 g/mol. The smallest absolute Gasteiger partial charge is 0.261 e. The van der Waals surface area contributed by atoms with Crippen molar-refractivity contribution in [2.45, 2.75) is 58.0 Å². The van der Waals surface area contributed by atoms with Crippen LogP contribution < -0.4 is 20.7 Å². The van der Waals surface area contributed by atoms with Crippen LogP contribution in [0.5, 0.6) is 0 Å². The molecule has 4 aromatic carbocycles. The summed E-state index contributed by atoms with van der Waals surface area (Å²) in [6.45, 7) is 14.9. The Balaban J connectivity index is 1.51. The van der Waals surface area contributed by atoms with Crippen molar-refractivity contribution in [1.29, 1.82) is 0 Å². The maximum atomic E-state index is 12.9. The van der Waals surface area contributed by atoms with Crippen molar-refractivity contribution in [2.75, 3.05) is 13.2 Å². The molecule has 0 N–H and O–H groups in total. The fourth-order valence-electron chi connectivity index (χ4n) is 7.22. The standard InChI is InChI=1S/C40H48O3Si2/c1-39(2,3)44(35-19-11-7-12-20-35,36-21-13-8-14-22-36)42-30-32-27-28-34(41)29-33(32)31-43-45(40(4,5)6,37-23-15-9-16-24-37)38-25-17-10-18-26-38/h7-28,32-33H,29-31H2,1-6H3/t32-,33+/m0/s1. The Bertz CT molecular complexity index is 1480. The molecule has 1 aliphatic carbocycles. The van der Waals surface area contributed by atoms with Crippen LogP contribution in [-0.4, -0.2) is 35.6 Å². The van der Waals surface area contributed by atoms with Crippen molar-refractivity contribution in [1.82, 2.24) is 0 Å². The van der Waals surface area contributed by atoms with E-state index >= 15 is 0 Å². The van der Waals surface area contributed by atoms with E-state index in [2.05, 4.69) is 169 Å². The number of carbonyl (C=O) groups excluding carboxylic acids is 1. The Labute approximate surface area is 272 Å². The number of benzene rings is 4. The number of allylic oxidation sites excluding steroid dienone is 1. The van der Waals surface area contributed by atoms with Crippen LogP contribution >= 0.6 is 0 Å². The van der Waals surface area contributed by atoms with E-state index in [-0.39, 0.29) is 27.7 Å². The van der Waals surface area contributed by atoms with E-state index in [1.54, 1.807) is 6.08 Å². The first-order valence-electron chi connectivity index (χ1n) is 16.2. The van der Waals surface area contributed by atoms with Crippen LogP contribution in [0.2, 0.25) is 10.1 Å². The fraction of sp³-hybridized carbons (Fsp3) is 0.325. The van der Waals surface area contributed by atoms with E-state index in [4.69, 9.17) is 8.85 Å². The zero-order chi connectivity index (χ0) is 32.1. The van der Waals surface area contributed by atoms with Crippen molar-refractivity contribution in [3.63, 3.8) is 0 Å². The molecule has 45 heavy (non-hydrogen) atoms. The highest BCUT2D eigenvalue weighted by molar-refractivity contribution is 7.00. The minimum absolute atomic E-state index is 0.0161. The molecule has 0 unspecified atom stereocenters. The van der Waals surface area contributed by atoms with Gasteiger partial charge in [0.2, 0.25) is 0 Å². The molecule has 5 rings (SSSR count). The predicted molar refractivity (Wildman–Crippen MR) is 193 cm³/mol. The minimum Gasteiger partial charge on any atom is -0.407 e. The van der Waals surface area contributed by atoms with Gasteiger partial charge in [0, 0.05) is 25.6 Å². The lowest BCUT2D eigenvalue weighted by Gasteiger charge is -2.45. The van der Waals surface area contributed by atoms with Crippen LogP contribution in [0.1, 0.15) is 48.0 Å². The topological polar surface area (TPSA) is 35.5 Å². The molecule has 0 aliphatic heterocycles. The number of hydrogen-bond donors (Lipinski definition) is 0. The number of carbonyl (C=O) groups is 1. The van der Waals surface area contributed by atoms with E-state index in [1.165, 1.54) is 20.7 Å². The van der Waals surface area contributed by atoms with Gasteiger partial charge in [-0.2, -0.15) is 0 Å². The number of hydrogen-bond acceptors (Lipinski definition) is 3. The lowest BCUT2D eigenvalue weighted by molar-refractivity contribution is -0.116. The normalized spacial score (nSPS) is 17.8. The second-order valence-corrected chi connectivity index (χ2v) is 23.0. The molecule has 5 heteroatoms. The monoisotopic (exact) mass is 632 g/mol. The van der Waals surface area contributed by atoms with Gasteiger partial charge in [0.25, 0.3) is 16.6 Å². The molecule has 3 nitrogen and oxygen atoms in total. The molecule has 0 radical (unpaired) electrons. The Hall–Kier alpha value is -3.36. The number of ketones is 1. The Kier molecular flexibility index (Phi) is 9.95. The largest absolute Gasteiger partial charge is 0.407 e. The van der Waals surface area contributed by atoms with Crippen LogP contribution in [0.3, 0.4) is 0 Å². The SMILES string of the molecule is CC(C)(C)[Si](OC[C@H]1CC(=O)C=C[C@H]1CO[Si](c1ccccc1)(c1ccccc1)C(C)(C)C)(c1ccccc1)c1ccccc1. The molecular formula is C40H48O3Si2. The molecule has 0 spiro atoms. The van der Waals surface area contributed by atoms with Crippen molar-refractivity contribution in [2.24, 2.45) is 11.8 Å².